The van der Waals surface area contributed by atoms with Crippen LogP contribution in [-0.2, 0) is 6.54 Å². The number of nitrogens with zero attached hydrogens (tertiary/aromatic N) is 3. The van der Waals surface area contributed by atoms with Crippen molar-refractivity contribution < 1.29 is 9.90 Å². The molecule has 0 saturated carbocycles. The normalized spacial score (nSPS) is 24.3. The third-order valence-corrected chi connectivity index (χ3v) is 3.52. The lowest BCUT2D eigenvalue weighted by Crippen LogP contribution is -2.46. The van der Waals surface area contributed by atoms with Gasteiger partial charge in [-0.05, 0) is 19.3 Å². The summed E-state index contributed by atoms with van der Waals surface area (Å²) in [5.41, 5.74) is 6.48. The molecule has 0 bridgehead atoms. The Kier molecular flexibility index (Phi) is 3.56. The van der Waals surface area contributed by atoms with Crippen LogP contribution in [0.3, 0.4) is 0 Å². The second kappa shape index (κ2) is 4.97. The van der Waals surface area contributed by atoms with E-state index in [0.717, 1.165) is 6.42 Å². The molecule has 0 spiro atoms. The van der Waals surface area contributed by atoms with Gasteiger partial charge in [-0.3, -0.25) is 9.48 Å². The van der Waals surface area contributed by atoms with Crippen LogP contribution in [0.25, 0.3) is 0 Å². The van der Waals surface area contributed by atoms with E-state index in [4.69, 9.17) is 5.73 Å². The fourth-order valence-corrected chi connectivity index (χ4v) is 2.15. The summed E-state index contributed by atoms with van der Waals surface area (Å²) in [6, 6.07) is 0. The van der Waals surface area contributed by atoms with Gasteiger partial charge < -0.3 is 15.7 Å². The smallest absolute Gasteiger partial charge is 0.276 e. The topological polar surface area (TPSA) is 84.4 Å². The van der Waals surface area contributed by atoms with Crippen molar-refractivity contribution in [1.29, 1.82) is 0 Å². The molecular weight excluding hydrogens is 232 g/mol. The third kappa shape index (κ3) is 2.33. The van der Waals surface area contributed by atoms with Crippen LogP contribution in [0, 0.1) is 5.92 Å². The van der Waals surface area contributed by atoms with Crippen LogP contribution in [0.5, 0.6) is 0 Å². The highest BCUT2D eigenvalue weighted by atomic mass is 16.3. The molecule has 1 aliphatic heterocycles. The lowest BCUT2D eigenvalue weighted by molar-refractivity contribution is 0.0245. The standard InChI is InChI=1S/C12H20N4O2/c1-3-16-6-9(13)11(14-16)12(18)15-5-4-8(2)10(17)7-15/h6,8,10,17H,3-5,7,13H2,1-2H3. The van der Waals surface area contributed by atoms with E-state index in [1.165, 1.54) is 0 Å². The summed E-state index contributed by atoms with van der Waals surface area (Å²) in [5, 5.41) is 14.0. The predicted molar refractivity (Wildman–Crippen MR) is 68.0 cm³/mol. The van der Waals surface area contributed by atoms with Crippen molar-refractivity contribution in [2.24, 2.45) is 5.92 Å². The highest BCUT2D eigenvalue weighted by Crippen LogP contribution is 2.20. The van der Waals surface area contributed by atoms with E-state index in [0.29, 0.717) is 31.0 Å². The van der Waals surface area contributed by atoms with Crippen LogP contribution in [-0.4, -0.2) is 44.9 Å². The molecule has 2 unspecified atom stereocenters. The van der Waals surface area contributed by atoms with Gasteiger partial charge in [-0.15, -0.1) is 0 Å². The number of aryl methyl sites for hydroxylation is 1. The molecule has 1 amide bonds. The zero-order valence-electron chi connectivity index (χ0n) is 10.8. The van der Waals surface area contributed by atoms with Gasteiger partial charge in [0.05, 0.1) is 11.8 Å². The number of anilines is 1. The van der Waals surface area contributed by atoms with Gasteiger partial charge >= 0.3 is 0 Å². The number of piperidine rings is 1. The molecule has 1 aliphatic rings. The summed E-state index contributed by atoms with van der Waals surface area (Å²) in [7, 11) is 0. The van der Waals surface area contributed by atoms with Gasteiger partial charge in [-0.2, -0.15) is 5.10 Å². The molecule has 1 aromatic heterocycles. The maximum atomic E-state index is 12.3. The van der Waals surface area contributed by atoms with Gasteiger partial charge in [-0.1, -0.05) is 6.92 Å². The van der Waals surface area contributed by atoms with Gasteiger partial charge in [0.15, 0.2) is 5.69 Å². The number of aliphatic hydroxyl groups excluding tert-OH is 1. The summed E-state index contributed by atoms with van der Waals surface area (Å²) in [6.07, 6.45) is 2.01. The fraction of sp³-hybridized carbons (Fsp3) is 0.667. The minimum Gasteiger partial charge on any atom is -0.396 e. The number of amides is 1. The molecule has 100 valence electrons. The van der Waals surface area contributed by atoms with Crippen molar-refractivity contribution in [1.82, 2.24) is 14.7 Å². The SMILES string of the molecule is CCn1cc(N)c(C(=O)N2CCC(C)C(O)C2)n1. The van der Waals surface area contributed by atoms with Crippen molar-refractivity contribution in [2.75, 3.05) is 18.8 Å². The summed E-state index contributed by atoms with van der Waals surface area (Å²) >= 11 is 0. The average molecular weight is 252 g/mol. The van der Waals surface area contributed by atoms with Crippen molar-refractivity contribution in [2.45, 2.75) is 32.9 Å². The molecular formula is C12H20N4O2. The van der Waals surface area contributed by atoms with E-state index in [9.17, 15) is 9.90 Å². The van der Waals surface area contributed by atoms with Gasteiger partial charge in [0.2, 0.25) is 0 Å². The van der Waals surface area contributed by atoms with E-state index in [-0.39, 0.29) is 11.8 Å². The molecule has 3 N–H and O–H groups in total. The van der Waals surface area contributed by atoms with Gasteiger partial charge in [-0.25, -0.2) is 0 Å². The molecule has 6 heteroatoms. The van der Waals surface area contributed by atoms with Crippen molar-refractivity contribution >= 4 is 11.6 Å². The Balaban J connectivity index is 2.13. The second-order valence-corrected chi connectivity index (χ2v) is 4.87. The Morgan fingerprint density at radius 3 is 2.94 bits per heavy atom. The maximum absolute atomic E-state index is 12.3. The van der Waals surface area contributed by atoms with Crippen LogP contribution in [0.2, 0.25) is 0 Å². The number of rotatable bonds is 2. The Bertz CT molecular complexity index is 443. The Morgan fingerprint density at radius 1 is 1.67 bits per heavy atom. The largest absolute Gasteiger partial charge is 0.396 e. The van der Waals surface area contributed by atoms with Gasteiger partial charge in [0.1, 0.15) is 0 Å². The van der Waals surface area contributed by atoms with E-state index in [2.05, 4.69) is 5.10 Å². The van der Waals surface area contributed by atoms with Crippen molar-refractivity contribution in [3.05, 3.63) is 11.9 Å². The number of nitrogens with two attached hydrogens (primary N) is 1. The molecule has 18 heavy (non-hydrogen) atoms. The van der Waals surface area contributed by atoms with E-state index in [1.807, 2.05) is 13.8 Å². The number of aliphatic hydroxyl groups is 1. The first-order valence-electron chi connectivity index (χ1n) is 6.33. The molecule has 6 nitrogen and oxygen atoms in total. The molecule has 0 aliphatic carbocycles. The van der Waals surface area contributed by atoms with E-state index in [1.54, 1.807) is 15.8 Å². The lowest BCUT2D eigenvalue weighted by Gasteiger charge is -2.33. The predicted octanol–water partition coefficient (Wildman–Crippen LogP) is 0.328. The number of carbonyl (C=O) groups excluding carboxylic acids is 1. The van der Waals surface area contributed by atoms with Crippen LogP contribution in [0.1, 0.15) is 30.8 Å². The first-order chi connectivity index (χ1) is 8.52. The zero-order valence-corrected chi connectivity index (χ0v) is 10.8. The monoisotopic (exact) mass is 252 g/mol. The molecule has 1 fully saturated rings. The van der Waals surface area contributed by atoms with Gasteiger partial charge in [0.25, 0.3) is 5.91 Å². The van der Waals surface area contributed by atoms with Crippen molar-refractivity contribution in [3.8, 4) is 0 Å². The van der Waals surface area contributed by atoms with E-state index >= 15 is 0 Å². The van der Waals surface area contributed by atoms with Crippen LogP contribution >= 0.6 is 0 Å². The van der Waals surface area contributed by atoms with Crippen LogP contribution in [0.4, 0.5) is 5.69 Å². The van der Waals surface area contributed by atoms with E-state index < -0.39 is 6.10 Å². The zero-order chi connectivity index (χ0) is 13.3. The van der Waals surface area contributed by atoms with Crippen LogP contribution < -0.4 is 5.73 Å². The first kappa shape index (κ1) is 12.9. The third-order valence-electron chi connectivity index (χ3n) is 3.52. The minimum atomic E-state index is -0.461. The average Bonchev–Trinajstić information content (AvgIpc) is 2.73. The molecule has 0 aromatic carbocycles. The summed E-state index contributed by atoms with van der Waals surface area (Å²) < 4.78 is 1.64. The highest BCUT2D eigenvalue weighted by Gasteiger charge is 2.29. The summed E-state index contributed by atoms with van der Waals surface area (Å²) in [5.74, 6) is 0.0465. The molecule has 2 rings (SSSR count). The summed E-state index contributed by atoms with van der Waals surface area (Å²) in [4.78, 5) is 13.9. The number of hydrogen-bond acceptors (Lipinski definition) is 4. The quantitative estimate of drug-likeness (QED) is 0.794. The van der Waals surface area contributed by atoms with Crippen LogP contribution in [0.15, 0.2) is 6.20 Å². The minimum absolute atomic E-state index is 0.189. The number of hydrogen-bond donors (Lipinski definition) is 2. The number of nitrogen functional groups attached to an aromatic ring is 1. The first-order valence-corrected chi connectivity index (χ1v) is 6.33. The Hall–Kier alpha value is -1.56. The lowest BCUT2D eigenvalue weighted by atomic mass is 9.96. The number of carbonyl (C=O) groups is 1. The maximum Gasteiger partial charge on any atom is 0.276 e. The van der Waals surface area contributed by atoms with Crippen molar-refractivity contribution in [3.63, 3.8) is 0 Å². The molecule has 2 atom stereocenters. The number of β-amino-alcohol motifs (C(OH)–C–C–N with tert-alkyl or cyclic N) is 1. The number of likely N-dealkylation sites (tertiary alicyclic amines) is 1. The Labute approximate surface area is 106 Å². The molecule has 1 saturated heterocycles. The number of aromatic nitrogens is 2. The molecule has 0 radical (unpaired) electrons. The fourth-order valence-electron chi connectivity index (χ4n) is 2.15. The molecule has 2 heterocycles. The summed E-state index contributed by atoms with van der Waals surface area (Å²) in [6.45, 7) is 5.62. The second-order valence-electron chi connectivity index (χ2n) is 4.87. The Morgan fingerprint density at radius 2 is 2.39 bits per heavy atom. The highest BCUT2D eigenvalue weighted by molar-refractivity contribution is 5.97. The molecule has 1 aromatic rings. The van der Waals surface area contributed by atoms with Gasteiger partial charge in [0, 0.05) is 25.8 Å².